The fraction of sp³-hybridized carbons (Fsp3) is 0.267. The molecule has 88 valence electrons. The summed E-state index contributed by atoms with van der Waals surface area (Å²) in [6, 6.07) is 10.1. The Morgan fingerprint density at radius 3 is 2.65 bits per heavy atom. The van der Waals surface area contributed by atoms with E-state index in [2.05, 4.69) is 18.2 Å². The third-order valence-corrected chi connectivity index (χ3v) is 3.12. The molecule has 17 heavy (non-hydrogen) atoms. The molecule has 1 atom stereocenters. The van der Waals surface area contributed by atoms with Gasteiger partial charge in [0.25, 0.3) is 0 Å². The quantitative estimate of drug-likeness (QED) is 0.726. The molecule has 0 N–H and O–H groups in total. The number of carbonyl (C=O) groups is 1. The first-order valence-electron chi connectivity index (χ1n) is 5.68. The molecule has 1 aliphatic rings. The van der Waals surface area contributed by atoms with Gasteiger partial charge in [-0.15, -0.1) is 0 Å². The number of rotatable bonds is 2. The molecular weight excluding hydrogens is 212 g/mol. The second kappa shape index (κ2) is 4.58. The third kappa shape index (κ3) is 2.31. The van der Waals surface area contributed by atoms with E-state index in [0.717, 1.165) is 5.56 Å². The molecule has 0 saturated heterocycles. The van der Waals surface area contributed by atoms with Crippen LogP contribution >= 0.6 is 0 Å². The Morgan fingerprint density at radius 1 is 1.29 bits per heavy atom. The minimum absolute atomic E-state index is 0.185. The molecule has 2 nitrogen and oxygen atoms in total. The first-order chi connectivity index (χ1) is 8.15. The molecular formula is C15H16O2. The van der Waals surface area contributed by atoms with Crippen molar-refractivity contribution in [1.29, 1.82) is 0 Å². The van der Waals surface area contributed by atoms with Crippen LogP contribution in [-0.4, -0.2) is 13.1 Å². The fourth-order valence-corrected chi connectivity index (χ4v) is 2.11. The van der Waals surface area contributed by atoms with Gasteiger partial charge in [0.15, 0.2) is 0 Å². The van der Waals surface area contributed by atoms with Gasteiger partial charge in [-0.2, -0.15) is 0 Å². The van der Waals surface area contributed by atoms with Gasteiger partial charge in [-0.1, -0.05) is 48.6 Å². The number of allylic oxidation sites excluding steroid dienone is 3. The van der Waals surface area contributed by atoms with Crippen molar-refractivity contribution >= 4 is 11.5 Å². The molecule has 0 saturated carbocycles. The Hall–Kier alpha value is -1.83. The molecule has 0 heterocycles. The highest BCUT2D eigenvalue weighted by Crippen LogP contribution is 2.36. The Morgan fingerprint density at radius 2 is 2.00 bits per heavy atom. The van der Waals surface area contributed by atoms with Crippen LogP contribution in [0.1, 0.15) is 18.9 Å². The molecule has 1 aliphatic carbocycles. The van der Waals surface area contributed by atoms with Gasteiger partial charge in [0, 0.05) is 0 Å². The van der Waals surface area contributed by atoms with Crippen molar-refractivity contribution in [2.45, 2.75) is 13.3 Å². The molecule has 2 rings (SSSR count). The van der Waals surface area contributed by atoms with Crippen LogP contribution in [0.4, 0.5) is 0 Å². The molecule has 0 radical (unpaired) electrons. The summed E-state index contributed by atoms with van der Waals surface area (Å²) in [5, 5.41) is 0. The lowest BCUT2D eigenvalue weighted by molar-refractivity contribution is -0.148. The minimum Gasteiger partial charge on any atom is -0.468 e. The molecule has 1 aromatic carbocycles. The second-order valence-electron chi connectivity index (χ2n) is 4.50. The number of hydrogen-bond acceptors (Lipinski definition) is 2. The maximum Gasteiger partial charge on any atom is 0.315 e. The van der Waals surface area contributed by atoms with Crippen molar-refractivity contribution in [3.05, 3.63) is 54.1 Å². The number of hydrogen-bond donors (Lipinski definition) is 0. The maximum absolute atomic E-state index is 11.8. The van der Waals surface area contributed by atoms with Crippen molar-refractivity contribution in [3.8, 4) is 0 Å². The van der Waals surface area contributed by atoms with E-state index >= 15 is 0 Å². The smallest absolute Gasteiger partial charge is 0.315 e. The van der Waals surface area contributed by atoms with Gasteiger partial charge < -0.3 is 4.74 Å². The van der Waals surface area contributed by atoms with E-state index in [0.29, 0.717) is 6.42 Å². The van der Waals surface area contributed by atoms with Crippen molar-refractivity contribution < 1.29 is 9.53 Å². The topological polar surface area (TPSA) is 26.3 Å². The van der Waals surface area contributed by atoms with E-state index in [4.69, 9.17) is 4.74 Å². The second-order valence-corrected chi connectivity index (χ2v) is 4.50. The highest BCUT2D eigenvalue weighted by atomic mass is 16.5. The Bertz CT molecular complexity index is 471. The van der Waals surface area contributed by atoms with Crippen molar-refractivity contribution in [2.75, 3.05) is 7.11 Å². The number of esters is 1. The van der Waals surface area contributed by atoms with Gasteiger partial charge in [-0.05, 0) is 24.5 Å². The molecule has 0 amide bonds. The summed E-state index contributed by atoms with van der Waals surface area (Å²) in [4.78, 5) is 11.8. The van der Waals surface area contributed by atoms with Gasteiger partial charge in [-0.3, -0.25) is 4.79 Å². The molecule has 0 aliphatic heterocycles. The van der Waals surface area contributed by atoms with Crippen LogP contribution in [0.25, 0.3) is 5.57 Å². The molecule has 0 aromatic heterocycles. The first kappa shape index (κ1) is 11.6. The number of methoxy groups -OCH3 is 1. The summed E-state index contributed by atoms with van der Waals surface area (Å²) in [7, 11) is 1.43. The summed E-state index contributed by atoms with van der Waals surface area (Å²) in [6.45, 7) is 1.91. The van der Waals surface area contributed by atoms with Crippen LogP contribution in [-0.2, 0) is 9.53 Å². The van der Waals surface area contributed by atoms with Crippen molar-refractivity contribution in [1.82, 2.24) is 0 Å². The average molecular weight is 228 g/mol. The lowest BCUT2D eigenvalue weighted by atomic mass is 9.78. The molecule has 1 unspecified atom stereocenters. The van der Waals surface area contributed by atoms with Gasteiger partial charge in [0.05, 0.1) is 12.5 Å². The number of benzene rings is 1. The van der Waals surface area contributed by atoms with Crippen LogP contribution in [0.3, 0.4) is 0 Å². The van der Waals surface area contributed by atoms with Crippen LogP contribution in [0.15, 0.2) is 48.6 Å². The van der Waals surface area contributed by atoms with E-state index in [-0.39, 0.29) is 5.97 Å². The summed E-state index contributed by atoms with van der Waals surface area (Å²) < 4.78 is 4.86. The van der Waals surface area contributed by atoms with Crippen molar-refractivity contribution in [2.24, 2.45) is 5.41 Å². The highest BCUT2D eigenvalue weighted by Gasteiger charge is 2.34. The summed E-state index contributed by atoms with van der Waals surface area (Å²) in [6.07, 6.45) is 6.58. The van der Waals surface area contributed by atoms with Gasteiger partial charge >= 0.3 is 5.97 Å². The Kier molecular flexibility index (Phi) is 3.14. The van der Waals surface area contributed by atoms with E-state index in [1.54, 1.807) is 0 Å². The van der Waals surface area contributed by atoms with E-state index < -0.39 is 5.41 Å². The number of ether oxygens (including phenoxy) is 1. The summed E-state index contributed by atoms with van der Waals surface area (Å²) in [5.41, 5.74) is 1.78. The Balaban J connectivity index is 2.27. The molecule has 2 heteroatoms. The summed E-state index contributed by atoms with van der Waals surface area (Å²) in [5.74, 6) is -0.185. The van der Waals surface area contributed by atoms with Gasteiger partial charge in [0.1, 0.15) is 0 Å². The SMILES string of the molecule is COC(=O)C1(C)C=CC=C(c2ccccc2)C1. The monoisotopic (exact) mass is 228 g/mol. The first-order valence-corrected chi connectivity index (χ1v) is 5.68. The van der Waals surface area contributed by atoms with Gasteiger partial charge in [0.2, 0.25) is 0 Å². The lowest BCUT2D eigenvalue weighted by Gasteiger charge is -2.27. The summed E-state index contributed by atoms with van der Waals surface area (Å²) >= 11 is 0. The predicted octanol–water partition coefficient (Wildman–Crippen LogP) is 3.21. The lowest BCUT2D eigenvalue weighted by Crippen LogP contribution is -2.28. The largest absolute Gasteiger partial charge is 0.468 e. The maximum atomic E-state index is 11.8. The molecule has 0 spiro atoms. The predicted molar refractivity (Wildman–Crippen MR) is 68.3 cm³/mol. The average Bonchev–Trinajstić information content (AvgIpc) is 2.39. The highest BCUT2D eigenvalue weighted by molar-refractivity contribution is 5.84. The van der Waals surface area contributed by atoms with Crippen LogP contribution in [0.2, 0.25) is 0 Å². The van der Waals surface area contributed by atoms with Crippen LogP contribution in [0, 0.1) is 5.41 Å². The zero-order chi connectivity index (χ0) is 12.3. The molecule has 0 fully saturated rings. The standard InChI is InChI=1S/C15H16O2/c1-15(14(16)17-2)10-6-9-13(11-15)12-7-4-3-5-8-12/h3-10H,11H2,1-2H3. The minimum atomic E-state index is -0.547. The van der Waals surface area contributed by atoms with Gasteiger partial charge in [-0.25, -0.2) is 0 Å². The third-order valence-electron chi connectivity index (χ3n) is 3.12. The molecule has 0 bridgehead atoms. The normalized spacial score (nSPS) is 23.1. The number of carbonyl (C=O) groups excluding carboxylic acids is 1. The zero-order valence-corrected chi connectivity index (χ0v) is 10.1. The van der Waals surface area contributed by atoms with E-state index in [1.165, 1.54) is 12.7 Å². The van der Waals surface area contributed by atoms with E-state index in [9.17, 15) is 4.79 Å². The van der Waals surface area contributed by atoms with Crippen molar-refractivity contribution in [3.63, 3.8) is 0 Å². The van der Waals surface area contributed by atoms with Crippen LogP contribution < -0.4 is 0 Å². The fourth-order valence-electron chi connectivity index (χ4n) is 2.11. The zero-order valence-electron chi connectivity index (χ0n) is 10.1. The van der Waals surface area contributed by atoms with E-state index in [1.807, 2.05) is 37.3 Å². The van der Waals surface area contributed by atoms with Crippen LogP contribution in [0.5, 0.6) is 0 Å². The Labute approximate surface area is 102 Å². The molecule has 1 aromatic rings.